The lowest BCUT2D eigenvalue weighted by Crippen LogP contribution is -2.26. The fraction of sp³-hybridized carbons (Fsp3) is 0.600. The molecule has 0 aliphatic rings. The maximum atomic E-state index is 12.1. The van der Waals surface area contributed by atoms with Crippen LogP contribution in [-0.4, -0.2) is 24.5 Å². The van der Waals surface area contributed by atoms with Gasteiger partial charge in [0.15, 0.2) is 0 Å². The lowest BCUT2D eigenvalue weighted by Gasteiger charge is -2.19. The Hall–Kier alpha value is -1.42. The average Bonchev–Trinajstić information content (AvgIpc) is 2.45. The van der Waals surface area contributed by atoms with Crippen molar-refractivity contribution in [2.45, 2.75) is 39.0 Å². The van der Waals surface area contributed by atoms with Crippen LogP contribution in [0.15, 0.2) is 24.5 Å². The number of nitrogens with two attached hydrogens (primary N) is 1. The molecule has 0 aliphatic carbocycles. The Kier molecular flexibility index (Phi) is 7.11. The predicted molar refractivity (Wildman–Crippen MR) is 79.0 cm³/mol. The van der Waals surface area contributed by atoms with Gasteiger partial charge in [-0.2, -0.15) is 0 Å². The largest absolute Gasteiger partial charge is 0.330 e. The molecule has 1 amide bonds. The molecule has 1 heterocycles. The van der Waals surface area contributed by atoms with Crippen LogP contribution in [0.2, 0.25) is 0 Å². The lowest BCUT2D eigenvalue weighted by molar-refractivity contribution is -0.118. The summed E-state index contributed by atoms with van der Waals surface area (Å²) in [6.07, 6.45) is 8.24. The zero-order chi connectivity index (χ0) is 14.1. The van der Waals surface area contributed by atoms with Gasteiger partial charge in [0.25, 0.3) is 0 Å². The van der Waals surface area contributed by atoms with Crippen LogP contribution >= 0.6 is 0 Å². The van der Waals surface area contributed by atoms with Gasteiger partial charge >= 0.3 is 0 Å². The van der Waals surface area contributed by atoms with E-state index in [0.717, 1.165) is 31.4 Å². The molecule has 0 fully saturated rings. The maximum Gasteiger partial charge on any atom is 0.226 e. The summed E-state index contributed by atoms with van der Waals surface area (Å²) in [7, 11) is 1.81. The number of anilines is 1. The summed E-state index contributed by atoms with van der Waals surface area (Å²) in [5, 5.41) is 0. The Morgan fingerprint density at radius 3 is 2.58 bits per heavy atom. The van der Waals surface area contributed by atoms with Crippen LogP contribution in [0, 0.1) is 5.92 Å². The monoisotopic (exact) mass is 263 g/mol. The normalized spacial score (nSPS) is 12.2. The minimum Gasteiger partial charge on any atom is -0.330 e. The summed E-state index contributed by atoms with van der Waals surface area (Å²) in [5.41, 5.74) is 6.51. The Morgan fingerprint density at radius 2 is 2.00 bits per heavy atom. The first-order valence-corrected chi connectivity index (χ1v) is 7.05. The second kappa shape index (κ2) is 8.64. The highest BCUT2D eigenvalue weighted by Gasteiger charge is 2.14. The Bertz CT molecular complexity index is 361. The van der Waals surface area contributed by atoms with Crippen molar-refractivity contribution in [1.82, 2.24) is 4.98 Å². The average molecular weight is 263 g/mol. The van der Waals surface area contributed by atoms with Gasteiger partial charge in [-0.05, 0) is 37.4 Å². The van der Waals surface area contributed by atoms with Gasteiger partial charge in [0.05, 0.1) is 0 Å². The van der Waals surface area contributed by atoms with E-state index in [9.17, 15) is 4.79 Å². The number of rotatable bonds is 8. The van der Waals surface area contributed by atoms with Crippen LogP contribution in [0.25, 0.3) is 0 Å². The van der Waals surface area contributed by atoms with E-state index in [-0.39, 0.29) is 5.91 Å². The molecule has 0 saturated heterocycles. The first-order valence-electron chi connectivity index (χ1n) is 7.05. The highest BCUT2D eigenvalue weighted by atomic mass is 16.2. The summed E-state index contributed by atoms with van der Waals surface area (Å²) in [4.78, 5) is 17.8. The van der Waals surface area contributed by atoms with Crippen LogP contribution in [0.1, 0.15) is 39.0 Å². The minimum absolute atomic E-state index is 0.157. The van der Waals surface area contributed by atoms with Crippen LogP contribution in [-0.2, 0) is 4.79 Å². The molecule has 106 valence electrons. The summed E-state index contributed by atoms with van der Waals surface area (Å²) in [6, 6.07) is 3.70. The number of hydrogen-bond donors (Lipinski definition) is 1. The van der Waals surface area contributed by atoms with Crippen molar-refractivity contribution >= 4 is 11.6 Å². The summed E-state index contributed by atoms with van der Waals surface area (Å²) < 4.78 is 0. The first-order chi connectivity index (χ1) is 9.19. The molecule has 0 aliphatic heterocycles. The Balaban J connectivity index is 2.45. The number of pyridine rings is 1. The van der Waals surface area contributed by atoms with E-state index in [0.29, 0.717) is 18.9 Å². The standard InChI is InChI=1S/C15H25N3O/c1-3-4-13(7-10-16)5-6-15(19)18(2)14-8-11-17-12-9-14/h8-9,11-13H,3-7,10,16H2,1-2H3. The zero-order valence-corrected chi connectivity index (χ0v) is 12.0. The minimum atomic E-state index is 0.157. The number of amides is 1. The molecule has 1 aromatic rings. The SMILES string of the molecule is CCCC(CCN)CCC(=O)N(C)c1ccncc1. The number of hydrogen-bond acceptors (Lipinski definition) is 3. The first kappa shape index (κ1) is 15.6. The molecule has 1 unspecified atom stereocenters. The van der Waals surface area contributed by atoms with Crippen LogP contribution in [0.3, 0.4) is 0 Å². The van der Waals surface area contributed by atoms with Crippen molar-refractivity contribution in [3.8, 4) is 0 Å². The van der Waals surface area contributed by atoms with Crippen LogP contribution in [0.4, 0.5) is 5.69 Å². The second-order valence-electron chi connectivity index (χ2n) is 4.93. The van der Waals surface area contributed by atoms with Crippen LogP contribution in [0.5, 0.6) is 0 Å². The van der Waals surface area contributed by atoms with Crippen molar-refractivity contribution in [3.63, 3.8) is 0 Å². The van der Waals surface area contributed by atoms with E-state index < -0.39 is 0 Å². The van der Waals surface area contributed by atoms with E-state index in [4.69, 9.17) is 5.73 Å². The van der Waals surface area contributed by atoms with Crippen molar-refractivity contribution in [2.24, 2.45) is 11.7 Å². The molecule has 0 radical (unpaired) electrons. The molecular formula is C15H25N3O. The second-order valence-corrected chi connectivity index (χ2v) is 4.93. The number of carbonyl (C=O) groups is 1. The summed E-state index contributed by atoms with van der Waals surface area (Å²) >= 11 is 0. The molecule has 0 spiro atoms. The maximum absolute atomic E-state index is 12.1. The van der Waals surface area contributed by atoms with Crippen molar-refractivity contribution < 1.29 is 4.79 Å². The molecule has 1 rings (SSSR count). The molecule has 0 bridgehead atoms. The van der Waals surface area contributed by atoms with Gasteiger partial charge < -0.3 is 10.6 Å². The van der Waals surface area contributed by atoms with Gasteiger partial charge in [-0.1, -0.05) is 19.8 Å². The van der Waals surface area contributed by atoms with Gasteiger partial charge in [-0.15, -0.1) is 0 Å². The van der Waals surface area contributed by atoms with E-state index in [1.54, 1.807) is 17.3 Å². The fourth-order valence-corrected chi connectivity index (χ4v) is 2.28. The number of aromatic nitrogens is 1. The van der Waals surface area contributed by atoms with Crippen molar-refractivity contribution in [3.05, 3.63) is 24.5 Å². The van der Waals surface area contributed by atoms with E-state index in [2.05, 4.69) is 11.9 Å². The van der Waals surface area contributed by atoms with Crippen molar-refractivity contribution in [2.75, 3.05) is 18.5 Å². The highest BCUT2D eigenvalue weighted by molar-refractivity contribution is 5.92. The molecule has 2 N–H and O–H groups in total. The van der Waals surface area contributed by atoms with Gasteiger partial charge in [0, 0.05) is 31.5 Å². The van der Waals surface area contributed by atoms with E-state index in [1.807, 2.05) is 19.2 Å². The van der Waals surface area contributed by atoms with Gasteiger partial charge in [0.2, 0.25) is 5.91 Å². The lowest BCUT2D eigenvalue weighted by atomic mass is 9.94. The van der Waals surface area contributed by atoms with Crippen LogP contribution < -0.4 is 10.6 Å². The molecular weight excluding hydrogens is 238 g/mol. The van der Waals surface area contributed by atoms with Gasteiger partial charge in [-0.25, -0.2) is 0 Å². The molecule has 0 saturated carbocycles. The molecule has 4 nitrogen and oxygen atoms in total. The number of nitrogens with zero attached hydrogens (tertiary/aromatic N) is 2. The molecule has 1 aromatic heterocycles. The quantitative estimate of drug-likeness (QED) is 0.784. The molecule has 19 heavy (non-hydrogen) atoms. The number of carbonyl (C=O) groups excluding carboxylic acids is 1. The summed E-state index contributed by atoms with van der Waals surface area (Å²) in [6.45, 7) is 2.88. The third kappa shape index (κ3) is 5.39. The zero-order valence-electron chi connectivity index (χ0n) is 12.0. The third-order valence-corrected chi connectivity index (χ3v) is 3.46. The molecule has 0 aromatic carbocycles. The summed E-state index contributed by atoms with van der Waals surface area (Å²) in [5.74, 6) is 0.731. The van der Waals surface area contributed by atoms with Gasteiger partial charge in [0.1, 0.15) is 0 Å². The van der Waals surface area contributed by atoms with E-state index >= 15 is 0 Å². The molecule has 4 heteroatoms. The van der Waals surface area contributed by atoms with Gasteiger partial charge in [-0.3, -0.25) is 9.78 Å². The molecule has 1 atom stereocenters. The topological polar surface area (TPSA) is 59.2 Å². The van der Waals surface area contributed by atoms with Crippen molar-refractivity contribution in [1.29, 1.82) is 0 Å². The highest BCUT2D eigenvalue weighted by Crippen LogP contribution is 2.19. The fourth-order valence-electron chi connectivity index (χ4n) is 2.28. The predicted octanol–water partition coefficient (Wildman–Crippen LogP) is 2.59. The Labute approximate surface area is 116 Å². The third-order valence-electron chi connectivity index (χ3n) is 3.46. The van der Waals surface area contributed by atoms with E-state index in [1.165, 1.54) is 0 Å². The smallest absolute Gasteiger partial charge is 0.226 e. The Morgan fingerprint density at radius 1 is 1.32 bits per heavy atom.